The van der Waals surface area contributed by atoms with E-state index in [0.29, 0.717) is 0 Å². The summed E-state index contributed by atoms with van der Waals surface area (Å²) in [5.74, 6) is 0.908. The van der Waals surface area contributed by atoms with Crippen LogP contribution in [0.2, 0.25) is 0 Å². The van der Waals surface area contributed by atoms with Gasteiger partial charge in [-0.2, -0.15) is 0 Å². The summed E-state index contributed by atoms with van der Waals surface area (Å²) in [6.45, 7) is 0. The third kappa shape index (κ3) is 1.80. The summed E-state index contributed by atoms with van der Waals surface area (Å²) in [6, 6.07) is 12.3. The number of fused-ring (bicyclic) bond motifs is 1. The average molecular weight is 241 g/mol. The van der Waals surface area contributed by atoms with Gasteiger partial charge in [0.1, 0.15) is 5.82 Å². The summed E-state index contributed by atoms with van der Waals surface area (Å²) in [4.78, 5) is 8.68. The van der Waals surface area contributed by atoms with E-state index < -0.39 is 0 Å². The molecule has 0 N–H and O–H groups in total. The van der Waals surface area contributed by atoms with E-state index in [1.807, 2.05) is 30.7 Å². The molecule has 0 fully saturated rings. The predicted octanol–water partition coefficient (Wildman–Crippen LogP) is 3.14. The highest BCUT2D eigenvalue weighted by Gasteiger charge is 2.04. The molecule has 0 amide bonds. The number of benzene rings is 1. The second-order valence-corrected chi connectivity index (χ2v) is 4.42. The Labute approximate surface area is 104 Å². The van der Waals surface area contributed by atoms with Gasteiger partial charge in [-0.05, 0) is 29.8 Å². The fourth-order valence-corrected chi connectivity index (χ4v) is 2.20. The molecule has 3 aromatic rings. The number of rotatable bonds is 2. The van der Waals surface area contributed by atoms with E-state index in [1.54, 1.807) is 18.0 Å². The number of thioether (sulfide) groups is 1. The van der Waals surface area contributed by atoms with Gasteiger partial charge in [0.05, 0.1) is 5.52 Å². The Balaban J connectivity index is 2.20. The predicted molar refractivity (Wildman–Crippen MR) is 70.6 cm³/mol. The maximum atomic E-state index is 4.50. The van der Waals surface area contributed by atoms with E-state index in [1.165, 1.54) is 10.9 Å². The van der Waals surface area contributed by atoms with Crippen molar-refractivity contribution >= 4 is 22.7 Å². The summed E-state index contributed by atoms with van der Waals surface area (Å²) < 4.78 is 2.08. The molecular formula is C13H11N3S. The number of aromatic nitrogens is 3. The molecule has 0 saturated heterocycles. The van der Waals surface area contributed by atoms with Crippen molar-refractivity contribution in [1.29, 1.82) is 0 Å². The van der Waals surface area contributed by atoms with Crippen LogP contribution in [0.15, 0.2) is 53.9 Å². The molecule has 0 unspecified atom stereocenters. The van der Waals surface area contributed by atoms with Crippen LogP contribution in [0.25, 0.3) is 16.7 Å². The van der Waals surface area contributed by atoms with Crippen LogP contribution in [0.1, 0.15) is 0 Å². The highest BCUT2D eigenvalue weighted by molar-refractivity contribution is 7.98. The molecule has 0 spiro atoms. The van der Waals surface area contributed by atoms with Crippen LogP contribution in [0.4, 0.5) is 0 Å². The SMILES string of the molecule is CSc1nccc(-n2ccc3ccccc32)n1. The van der Waals surface area contributed by atoms with Gasteiger partial charge in [-0.25, -0.2) is 9.97 Å². The molecule has 0 saturated carbocycles. The van der Waals surface area contributed by atoms with Gasteiger partial charge in [0.2, 0.25) is 0 Å². The third-order valence-corrected chi connectivity index (χ3v) is 3.21. The van der Waals surface area contributed by atoms with Crippen molar-refractivity contribution in [3.63, 3.8) is 0 Å². The molecule has 0 aliphatic rings. The Morgan fingerprint density at radius 2 is 2.00 bits per heavy atom. The van der Waals surface area contributed by atoms with E-state index in [2.05, 4.69) is 32.7 Å². The van der Waals surface area contributed by atoms with Gasteiger partial charge in [0, 0.05) is 12.4 Å². The average Bonchev–Trinajstić information content (AvgIpc) is 2.82. The largest absolute Gasteiger partial charge is 0.301 e. The first-order valence-electron chi connectivity index (χ1n) is 5.32. The first-order valence-corrected chi connectivity index (χ1v) is 6.54. The fraction of sp³-hybridized carbons (Fsp3) is 0.0769. The molecule has 0 aliphatic heterocycles. The Morgan fingerprint density at radius 1 is 1.12 bits per heavy atom. The zero-order valence-electron chi connectivity index (χ0n) is 9.37. The van der Waals surface area contributed by atoms with Crippen LogP contribution in [-0.2, 0) is 0 Å². The molecule has 17 heavy (non-hydrogen) atoms. The lowest BCUT2D eigenvalue weighted by Crippen LogP contribution is -1.97. The molecule has 1 aromatic carbocycles. The molecule has 4 heteroatoms. The standard InChI is InChI=1S/C13H11N3S/c1-17-13-14-8-6-12(15-13)16-9-7-10-4-2-3-5-11(10)16/h2-9H,1H3. The molecule has 84 valence electrons. The van der Waals surface area contributed by atoms with Crippen LogP contribution < -0.4 is 0 Å². The van der Waals surface area contributed by atoms with Gasteiger partial charge in [-0.15, -0.1) is 0 Å². The Bertz CT molecular complexity index is 660. The van der Waals surface area contributed by atoms with Gasteiger partial charge in [-0.1, -0.05) is 30.0 Å². The highest BCUT2D eigenvalue weighted by atomic mass is 32.2. The van der Waals surface area contributed by atoms with E-state index in [0.717, 1.165) is 11.0 Å². The number of nitrogens with zero attached hydrogens (tertiary/aromatic N) is 3. The van der Waals surface area contributed by atoms with Gasteiger partial charge in [0.25, 0.3) is 0 Å². The monoisotopic (exact) mass is 241 g/mol. The summed E-state index contributed by atoms with van der Waals surface area (Å²) >= 11 is 1.55. The van der Waals surface area contributed by atoms with Crippen molar-refractivity contribution in [2.45, 2.75) is 5.16 Å². The molecule has 2 aromatic heterocycles. The van der Waals surface area contributed by atoms with E-state index in [4.69, 9.17) is 0 Å². The zero-order chi connectivity index (χ0) is 11.7. The van der Waals surface area contributed by atoms with Crippen molar-refractivity contribution in [2.75, 3.05) is 6.26 Å². The molecular weight excluding hydrogens is 230 g/mol. The van der Waals surface area contributed by atoms with Crippen LogP contribution in [0, 0.1) is 0 Å². The van der Waals surface area contributed by atoms with Crippen molar-refractivity contribution in [1.82, 2.24) is 14.5 Å². The second kappa shape index (κ2) is 4.22. The number of para-hydroxylation sites is 1. The van der Waals surface area contributed by atoms with Gasteiger partial charge in [0.15, 0.2) is 5.16 Å². The topological polar surface area (TPSA) is 30.7 Å². The third-order valence-electron chi connectivity index (χ3n) is 2.65. The molecule has 3 rings (SSSR count). The Hall–Kier alpha value is -1.81. The maximum Gasteiger partial charge on any atom is 0.189 e. The molecule has 0 radical (unpaired) electrons. The molecule has 3 nitrogen and oxygen atoms in total. The highest BCUT2D eigenvalue weighted by Crippen LogP contribution is 2.19. The van der Waals surface area contributed by atoms with Crippen LogP contribution >= 0.6 is 11.8 Å². The maximum absolute atomic E-state index is 4.50. The lowest BCUT2D eigenvalue weighted by Gasteiger charge is -2.04. The minimum Gasteiger partial charge on any atom is -0.301 e. The van der Waals surface area contributed by atoms with Crippen LogP contribution in [-0.4, -0.2) is 20.8 Å². The summed E-state index contributed by atoms with van der Waals surface area (Å²) in [5.41, 5.74) is 1.17. The summed E-state index contributed by atoms with van der Waals surface area (Å²) in [6.07, 6.45) is 5.81. The van der Waals surface area contributed by atoms with E-state index in [-0.39, 0.29) is 0 Å². The molecule has 0 aliphatic carbocycles. The normalized spacial score (nSPS) is 10.9. The minimum absolute atomic E-state index is 0.792. The molecule has 0 bridgehead atoms. The fourth-order valence-electron chi connectivity index (χ4n) is 1.85. The van der Waals surface area contributed by atoms with Crippen molar-refractivity contribution < 1.29 is 0 Å². The number of hydrogen-bond donors (Lipinski definition) is 0. The van der Waals surface area contributed by atoms with Crippen molar-refractivity contribution in [3.8, 4) is 5.82 Å². The lowest BCUT2D eigenvalue weighted by molar-refractivity contribution is 0.908. The van der Waals surface area contributed by atoms with Crippen LogP contribution in [0.3, 0.4) is 0 Å². The molecule has 2 heterocycles. The smallest absolute Gasteiger partial charge is 0.189 e. The summed E-state index contributed by atoms with van der Waals surface area (Å²) in [5, 5.41) is 2.01. The lowest BCUT2D eigenvalue weighted by atomic mass is 10.2. The van der Waals surface area contributed by atoms with E-state index >= 15 is 0 Å². The van der Waals surface area contributed by atoms with Crippen molar-refractivity contribution in [3.05, 3.63) is 48.8 Å². The van der Waals surface area contributed by atoms with Gasteiger partial charge >= 0.3 is 0 Å². The van der Waals surface area contributed by atoms with Gasteiger partial charge in [-0.3, -0.25) is 0 Å². The van der Waals surface area contributed by atoms with E-state index in [9.17, 15) is 0 Å². The summed E-state index contributed by atoms with van der Waals surface area (Å²) in [7, 11) is 0. The second-order valence-electron chi connectivity index (χ2n) is 3.65. The Kier molecular flexibility index (Phi) is 2.57. The zero-order valence-corrected chi connectivity index (χ0v) is 10.2. The first-order chi connectivity index (χ1) is 8.38. The minimum atomic E-state index is 0.792. The number of hydrogen-bond acceptors (Lipinski definition) is 3. The quantitative estimate of drug-likeness (QED) is 0.510. The molecule has 0 atom stereocenters. The first kappa shape index (κ1) is 10.4. The van der Waals surface area contributed by atoms with Crippen LogP contribution in [0.5, 0.6) is 0 Å². The Morgan fingerprint density at radius 3 is 2.88 bits per heavy atom. The van der Waals surface area contributed by atoms with Gasteiger partial charge < -0.3 is 4.57 Å². The van der Waals surface area contributed by atoms with Crippen molar-refractivity contribution in [2.24, 2.45) is 0 Å².